The Labute approximate surface area is 122 Å². The molecule has 1 aromatic rings. The molecule has 3 rings (SSSR count). The van der Waals surface area contributed by atoms with Gasteiger partial charge in [0.1, 0.15) is 0 Å². The number of hydrogen-bond donors (Lipinski definition) is 1. The highest BCUT2D eigenvalue weighted by molar-refractivity contribution is 5.76. The third kappa shape index (κ3) is 2.89. The Bertz CT molecular complexity index is 508. The molecule has 1 amide bonds. The van der Waals surface area contributed by atoms with Gasteiger partial charge in [-0.25, -0.2) is 0 Å². The number of amides is 1. The van der Waals surface area contributed by atoms with Crippen molar-refractivity contribution >= 4 is 5.91 Å². The first kappa shape index (κ1) is 13.7. The summed E-state index contributed by atoms with van der Waals surface area (Å²) in [5.41, 5.74) is 3.91. The molecule has 1 N–H and O–H groups in total. The Balaban J connectivity index is 1.48. The van der Waals surface area contributed by atoms with Gasteiger partial charge in [-0.15, -0.1) is 0 Å². The summed E-state index contributed by atoms with van der Waals surface area (Å²) in [5, 5.41) is 3.27. The maximum absolute atomic E-state index is 12.1. The Kier molecular flexibility index (Phi) is 3.82. The molecule has 2 nitrogen and oxygen atoms in total. The van der Waals surface area contributed by atoms with Crippen molar-refractivity contribution < 1.29 is 4.79 Å². The van der Waals surface area contributed by atoms with Crippen molar-refractivity contribution in [3.8, 4) is 0 Å². The normalized spacial score (nSPS) is 27.8. The molecular weight excluding hydrogens is 246 g/mol. The fourth-order valence-corrected chi connectivity index (χ4v) is 3.92. The van der Waals surface area contributed by atoms with Crippen molar-refractivity contribution in [2.45, 2.75) is 58.4 Å². The Morgan fingerprint density at radius 3 is 2.70 bits per heavy atom. The molecule has 0 aliphatic heterocycles. The summed E-state index contributed by atoms with van der Waals surface area (Å²) in [7, 11) is 0. The lowest BCUT2D eigenvalue weighted by Crippen LogP contribution is -2.38. The van der Waals surface area contributed by atoms with Crippen molar-refractivity contribution in [2.75, 3.05) is 0 Å². The van der Waals surface area contributed by atoms with Crippen LogP contribution < -0.4 is 5.32 Å². The van der Waals surface area contributed by atoms with Crippen LogP contribution in [0.15, 0.2) is 18.2 Å². The van der Waals surface area contributed by atoms with Crippen LogP contribution in [-0.4, -0.2) is 11.9 Å². The molecular formula is C18H25NO. The van der Waals surface area contributed by atoms with Crippen LogP contribution in [0, 0.1) is 25.7 Å². The van der Waals surface area contributed by atoms with Crippen LogP contribution in [0.1, 0.15) is 48.8 Å². The number of rotatable bonds is 4. The summed E-state index contributed by atoms with van der Waals surface area (Å²) in [6.07, 6.45) is 6.76. The minimum absolute atomic E-state index is 0.237. The van der Waals surface area contributed by atoms with Gasteiger partial charge in [-0.1, -0.05) is 24.6 Å². The molecule has 108 valence electrons. The van der Waals surface area contributed by atoms with Crippen LogP contribution in [0.5, 0.6) is 0 Å². The fourth-order valence-electron chi connectivity index (χ4n) is 3.92. The van der Waals surface area contributed by atoms with Crippen LogP contribution >= 0.6 is 0 Å². The number of carbonyl (C=O) groups excluding carboxylic acids is 1. The van der Waals surface area contributed by atoms with Gasteiger partial charge in [0.15, 0.2) is 0 Å². The van der Waals surface area contributed by atoms with Gasteiger partial charge in [-0.2, -0.15) is 0 Å². The smallest absolute Gasteiger partial charge is 0.220 e. The predicted octanol–water partition coefficient (Wildman–Crippen LogP) is 3.54. The van der Waals surface area contributed by atoms with Gasteiger partial charge in [0.2, 0.25) is 5.91 Å². The second-order valence-corrected chi connectivity index (χ2v) is 6.77. The highest BCUT2D eigenvalue weighted by atomic mass is 16.1. The number of fused-ring (bicyclic) bond motifs is 2. The van der Waals surface area contributed by atoms with E-state index in [9.17, 15) is 4.79 Å². The first-order valence-corrected chi connectivity index (χ1v) is 7.97. The van der Waals surface area contributed by atoms with Crippen molar-refractivity contribution in [3.05, 3.63) is 34.9 Å². The van der Waals surface area contributed by atoms with Crippen molar-refractivity contribution in [1.82, 2.24) is 5.32 Å². The molecule has 0 heterocycles. The van der Waals surface area contributed by atoms with E-state index in [0.717, 1.165) is 18.3 Å². The molecule has 0 unspecified atom stereocenters. The summed E-state index contributed by atoms with van der Waals surface area (Å²) in [5.74, 6) is 1.90. The van der Waals surface area contributed by atoms with Gasteiger partial charge in [0, 0.05) is 12.5 Å². The molecule has 2 fully saturated rings. The zero-order chi connectivity index (χ0) is 14.1. The van der Waals surface area contributed by atoms with Crippen LogP contribution in [0.4, 0.5) is 0 Å². The third-order valence-electron chi connectivity index (χ3n) is 5.30. The highest BCUT2D eigenvalue weighted by Crippen LogP contribution is 2.44. The number of hydrogen-bond acceptors (Lipinski definition) is 1. The van der Waals surface area contributed by atoms with Gasteiger partial charge in [0.05, 0.1) is 0 Å². The quantitative estimate of drug-likeness (QED) is 0.891. The lowest BCUT2D eigenvalue weighted by atomic mass is 9.95. The van der Waals surface area contributed by atoms with Crippen LogP contribution in [-0.2, 0) is 11.2 Å². The van der Waals surface area contributed by atoms with Crippen molar-refractivity contribution in [2.24, 2.45) is 11.8 Å². The molecule has 0 aromatic heterocycles. The van der Waals surface area contributed by atoms with E-state index in [-0.39, 0.29) is 5.91 Å². The molecule has 2 heteroatoms. The monoisotopic (exact) mass is 271 g/mol. The lowest BCUT2D eigenvalue weighted by molar-refractivity contribution is -0.122. The molecule has 2 bridgehead atoms. The average Bonchev–Trinajstić information content (AvgIpc) is 3.02. The van der Waals surface area contributed by atoms with E-state index in [2.05, 4.69) is 37.4 Å². The van der Waals surface area contributed by atoms with Gasteiger partial charge in [-0.3, -0.25) is 4.79 Å². The third-order valence-corrected chi connectivity index (χ3v) is 5.30. The molecule has 0 saturated heterocycles. The number of carbonyl (C=O) groups is 1. The second-order valence-electron chi connectivity index (χ2n) is 6.77. The standard InChI is InChI=1S/C18H25NO/c1-12-3-4-14(9-13(12)2)6-8-18(20)19-17-11-15-5-7-16(17)10-15/h3-4,9,15-17H,5-8,10-11H2,1-2H3,(H,19,20)/t15-,16-,17+/m1/s1. The molecule has 2 saturated carbocycles. The van der Waals surface area contributed by atoms with Crippen LogP contribution in [0.25, 0.3) is 0 Å². The average molecular weight is 271 g/mol. The molecule has 20 heavy (non-hydrogen) atoms. The zero-order valence-corrected chi connectivity index (χ0v) is 12.6. The molecule has 3 atom stereocenters. The first-order valence-electron chi connectivity index (χ1n) is 7.97. The van der Waals surface area contributed by atoms with Crippen molar-refractivity contribution in [3.63, 3.8) is 0 Å². The summed E-state index contributed by atoms with van der Waals surface area (Å²) < 4.78 is 0. The zero-order valence-electron chi connectivity index (χ0n) is 12.6. The van der Waals surface area contributed by atoms with E-state index < -0.39 is 0 Å². The highest BCUT2D eigenvalue weighted by Gasteiger charge is 2.39. The van der Waals surface area contributed by atoms with Crippen molar-refractivity contribution in [1.29, 1.82) is 0 Å². The maximum Gasteiger partial charge on any atom is 0.220 e. The number of aryl methyl sites for hydroxylation is 3. The van der Waals surface area contributed by atoms with Gasteiger partial charge in [-0.05, 0) is 68.1 Å². The molecule has 0 radical (unpaired) electrons. The Morgan fingerprint density at radius 2 is 2.05 bits per heavy atom. The van der Waals surface area contributed by atoms with Crippen LogP contribution in [0.2, 0.25) is 0 Å². The van der Waals surface area contributed by atoms with Crippen LogP contribution in [0.3, 0.4) is 0 Å². The minimum atomic E-state index is 0.237. The van der Waals surface area contributed by atoms with E-state index in [4.69, 9.17) is 0 Å². The fraction of sp³-hybridized carbons (Fsp3) is 0.611. The summed E-state index contributed by atoms with van der Waals surface area (Å²) in [4.78, 5) is 12.1. The summed E-state index contributed by atoms with van der Waals surface area (Å²) >= 11 is 0. The van der Waals surface area contributed by atoms with Gasteiger partial charge < -0.3 is 5.32 Å². The first-order chi connectivity index (χ1) is 9.61. The molecule has 1 aromatic carbocycles. The number of nitrogens with one attached hydrogen (secondary N) is 1. The minimum Gasteiger partial charge on any atom is -0.353 e. The van der Waals surface area contributed by atoms with E-state index >= 15 is 0 Å². The Morgan fingerprint density at radius 1 is 1.20 bits per heavy atom. The molecule has 0 spiro atoms. The van der Waals surface area contributed by atoms with E-state index in [1.54, 1.807) is 0 Å². The van der Waals surface area contributed by atoms with E-state index in [0.29, 0.717) is 12.5 Å². The van der Waals surface area contributed by atoms with Gasteiger partial charge in [0.25, 0.3) is 0 Å². The maximum atomic E-state index is 12.1. The molecule has 2 aliphatic carbocycles. The summed E-state index contributed by atoms with van der Waals surface area (Å²) in [6.45, 7) is 4.26. The second kappa shape index (κ2) is 5.59. The molecule has 2 aliphatic rings. The van der Waals surface area contributed by atoms with E-state index in [1.807, 2.05) is 0 Å². The summed E-state index contributed by atoms with van der Waals surface area (Å²) in [6, 6.07) is 6.98. The van der Waals surface area contributed by atoms with Gasteiger partial charge >= 0.3 is 0 Å². The lowest BCUT2D eigenvalue weighted by Gasteiger charge is -2.22. The predicted molar refractivity (Wildman–Crippen MR) is 81.6 cm³/mol. The topological polar surface area (TPSA) is 29.1 Å². The van der Waals surface area contributed by atoms with E-state index in [1.165, 1.54) is 42.4 Å². The Hall–Kier alpha value is -1.31. The number of benzene rings is 1. The largest absolute Gasteiger partial charge is 0.353 e. The SMILES string of the molecule is Cc1ccc(CCC(=O)N[C@H]2C[C@@H]3CC[C@@H]2C3)cc1C.